The Morgan fingerprint density at radius 1 is 0.357 bits per heavy atom. The molecule has 56 heavy (non-hydrogen) atoms. The summed E-state index contributed by atoms with van der Waals surface area (Å²) in [6.45, 7) is 0. The molecule has 0 radical (unpaired) electrons. The third-order valence-electron chi connectivity index (χ3n) is 10.7. The van der Waals surface area contributed by atoms with E-state index < -0.39 is 0 Å². The van der Waals surface area contributed by atoms with Crippen molar-refractivity contribution in [1.29, 1.82) is 0 Å². The van der Waals surface area contributed by atoms with Gasteiger partial charge in [0.1, 0.15) is 0 Å². The molecule has 0 unspecified atom stereocenters. The van der Waals surface area contributed by atoms with Gasteiger partial charge in [-0.25, -0.2) is 15.0 Å². The van der Waals surface area contributed by atoms with Crippen LogP contribution in [0.4, 0.5) is 0 Å². The second kappa shape index (κ2) is 13.3. The van der Waals surface area contributed by atoms with Gasteiger partial charge in [-0.2, -0.15) is 0 Å². The summed E-state index contributed by atoms with van der Waals surface area (Å²) in [6.07, 6.45) is 0. The third-order valence-corrected chi connectivity index (χ3v) is 11.9. The van der Waals surface area contributed by atoms with Crippen molar-refractivity contribution in [3.8, 4) is 62.1 Å². The molecule has 0 aliphatic carbocycles. The van der Waals surface area contributed by atoms with E-state index in [1.165, 1.54) is 42.0 Å². The van der Waals surface area contributed by atoms with Crippen LogP contribution in [0.3, 0.4) is 0 Å². The molecule has 11 rings (SSSR count). The van der Waals surface area contributed by atoms with Crippen LogP contribution in [0, 0.1) is 0 Å². The average molecular weight is 733 g/mol. The molecule has 0 N–H and O–H groups in total. The first-order valence-corrected chi connectivity index (χ1v) is 19.6. The zero-order valence-electron chi connectivity index (χ0n) is 30.2. The Labute approximate surface area is 327 Å². The van der Waals surface area contributed by atoms with E-state index >= 15 is 0 Å². The maximum Gasteiger partial charge on any atom is 0.164 e. The first kappa shape index (κ1) is 32.2. The Morgan fingerprint density at radius 3 is 1.66 bits per heavy atom. The van der Waals surface area contributed by atoms with Crippen LogP contribution in [-0.4, -0.2) is 19.5 Å². The molecule has 0 aliphatic rings. The summed E-state index contributed by atoms with van der Waals surface area (Å²) >= 11 is 1.88. The summed E-state index contributed by atoms with van der Waals surface area (Å²) in [5, 5.41) is 5.18. The predicted octanol–water partition coefficient (Wildman–Crippen LogP) is 13.7. The fourth-order valence-corrected chi connectivity index (χ4v) is 9.31. The Bertz CT molecular complexity index is 3180. The number of fused-ring (bicyclic) bond motifs is 7. The van der Waals surface area contributed by atoms with Gasteiger partial charge in [0.05, 0.1) is 11.0 Å². The topological polar surface area (TPSA) is 43.6 Å². The van der Waals surface area contributed by atoms with Gasteiger partial charge in [-0.3, -0.25) is 0 Å². The number of nitrogens with zero attached hydrogens (tertiary/aromatic N) is 4. The van der Waals surface area contributed by atoms with Crippen LogP contribution < -0.4 is 0 Å². The van der Waals surface area contributed by atoms with E-state index in [0.29, 0.717) is 17.5 Å². The maximum atomic E-state index is 5.08. The molecule has 8 aromatic carbocycles. The molecule has 0 aliphatic heterocycles. The molecule has 11 aromatic rings. The van der Waals surface area contributed by atoms with Crippen LogP contribution >= 0.6 is 11.3 Å². The minimum atomic E-state index is 0.629. The van der Waals surface area contributed by atoms with Gasteiger partial charge >= 0.3 is 0 Å². The lowest BCUT2D eigenvalue weighted by atomic mass is 9.92. The highest BCUT2D eigenvalue weighted by molar-refractivity contribution is 7.26. The molecular formula is C51H32N4S. The second-order valence-corrected chi connectivity index (χ2v) is 15.1. The molecule has 3 aromatic heterocycles. The zero-order chi connectivity index (χ0) is 37.0. The number of hydrogen-bond donors (Lipinski definition) is 0. The fourth-order valence-electron chi connectivity index (χ4n) is 8.05. The number of thiophene rings is 1. The van der Waals surface area contributed by atoms with Crippen molar-refractivity contribution in [3.63, 3.8) is 0 Å². The van der Waals surface area contributed by atoms with Crippen molar-refractivity contribution >= 4 is 53.3 Å². The maximum absolute atomic E-state index is 5.08. The molecular weight excluding hydrogens is 701 g/mol. The van der Waals surface area contributed by atoms with Crippen LogP contribution in [0.2, 0.25) is 0 Å². The van der Waals surface area contributed by atoms with Crippen molar-refractivity contribution in [2.24, 2.45) is 0 Å². The van der Waals surface area contributed by atoms with E-state index in [1.807, 2.05) is 72.0 Å². The number of rotatable bonds is 6. The summed E-state index contributed by atoms with van der Waals surface area (Å²) in [7, 11) is 0. The van der Waals surface area contributed by atoms with Crippen LogP contribution in [-0.2, 0) is 0 Å². The summed E-state index contributed by atoms with van der Waals surface area (Å²) < 4.78 is 5.07. The van der Waals surface area contributed by atoms with Crippen molar-refractivity contribution in [2.45, 2.75) is 0 Å². The first-order valence-electron chi connectivity index (χ1n) is 18.8. The van der Waals surface area contributed by atoms with Gasteiger partial charge in [0.2, 0.25) is 0 Å². The van der Waals surface area contributed by atoms with Crippen molar-refractivity contribution in [2.75, 3.05) is 0 Å². The number of para-hydroxylation sites is 1. The van der Waals surface area contributed by atoms with E-state index in [2.05, 4.69) is 138 Å². The first-order chi connectivity index (χ1) is 27.8. The van der Waals surface area contributed by atoms with Crippen molar-refractivity contribution in [3.05, 3.63) is 194 Å². The summed E-state index contributed by atoms with van der Waals surface area (Å²) in [5.74, 6) is 1.91. The molecule has 0 saturated carbocycles. The average Bonchev–Trinajstić information content (AvgIpc) is 3.83. The van der Waals surface area contributed by atoms with Crippen LogP contribution in [0.25, 0.3) is 104 Å². The minimum absolute atomic E-state index is 0.629. The monoisotopic (exact) mass is 732 g/mol. The van der Waals surface area contributed by atoms with Gasteiger partial charge in [0, 0.05) is 53.3 Å². The molecule has 0 saturated heterocycles. The summed E-state index contributed by atoms with van der Waals surface area (Å²) in [6, 6.07) is 68.5. The summed E-state index contributed by atoms with van der Waals surface area (Å²) in [4.78, 5) is 15.1. The van der Waals surface area contributed by atoms with Gasteiger partial charge in [0.25, 0.3) is 0 Å². The Morgan fingerprint density at radius 2 is 0.946 bits per heavy atom. The molecule has 0 spiro atoms. The Hall–Kier alpha value is -7.21. The van der Waals surface area contributed by atoms with E-state index in [4.69, 9.17) is 15.0 Å². The highest BCUT2D eigenvalue weighted by Gasteiger charge is 2.19. The largest absolute Gasteiger partial charge is 0.309 e. The van der Waals surface area contributed by atoms with E-state index in [-0.39, 0.29) is 0 Å². The van der Waals surface area contributed by atoms with Gasteiger partial charge in [-0.05, 0) is 58.7 Å². The quantitative estimate of drug-likeness (QED) is 0.171. The molecule has 0 amide bonds. The van der Waals surface area contributed by atoms with Gasteiger partial charge in [-0.15, -0.1) is 11.3 Å². The van der Waals surface area contributed by atoms with Gasteiger partial charge in [-0.1, -0.05) is 158 Å². The molecule has 4 nitrogen and oxygen atoms in total. The lowest BCUT2D eigenvalue weighted by molar-refractivity contribution is 1.07. The SMILES string of the molecule is c1ccc(-c2nc(-c3ccccc3)nc(-c3ccc(-c4ccccc4)c(-c4cccc(-n5c6ccccc6c6c7sc8ccccc8c7ccc65)c4)c3)n2)cc1. The molecule has 262 valence electrons. The van der Waals surface area contributed by atoms with Crippen molar-refractivity contribution in [1.82, 2.24) is 19.5 Å². The zero-order valence-corrected chi connectivity index (χ0v) is 31.0. The Kier molecular flexibility index (Phi) is 7.64. The fraction of sp³-hybridized carbons (Fsp3) is 0. The number of aromatic nitrogens is 4. The van der Waals surface area contributed by atoms with Gasteiger partial charge < -0.3 is 4.57 Å². The van der Waals surface area contributed by atoms with E-state index in [9.17, 15) is 0 Å². The predicted molar refractivity (Wildman–Crippen MR) is 234 cm³/mol. The van der Waals surface area contributed by atoms with Crippen LogP contribution in [0.1, 0.15) is 0 Å². The number of benzene rings is 8. The molecule has 3 heterocycles. The lowest BCUT2D eigenvalue weighted by Crippen LogP contribution is -2.00. The highest BCUT2D eigenvalue weighted by Crippen LogP contribution is 2.44. The molecule has 0 atom stereocenters. The lowest BCUT2D eigenvalue weighted by Gasteiger charge is -2.15. The standard InChI is InChI=1S/C51H32N4S/c1-4-15-33(16-5-1)39-28-27-37(51-53-49(34-17-6-2-7-18-34)52-50(54-51)35-19-8-3-9-20-35)32-43(39)36-21-14-22-38(31-36)55-44-25-12-10-24-42(44)47-45(55)30-29-41-40-23-11-13-26-46(40)56-48(41)47/h1-32H. The normalized spacial score (nSPS) is 11.6. The second-order valence-electron chi connectivity index (χ2n) is 14.0. The molecule has 5 heteroatoms. The molecule has 0 fully saturated rings. The summed E-state index contributed by atoms with van der Waals surface area (Å²) in [5.41, 5.74) is 10.8. The van der Waals surface area contributed by atoms with E-state index in [0.717, 1.165) is 44.6 Å². The van der Waals surface area contributed by atoms with Crippen LogP contribution in [0.5, 0.6) is 0 Å². The smallest absolute Gasteiger partial charge is 0.164 e. The van der Waals surface area contributed by atoms with Crippen molar-refractivity contribution < 1.29 is 0 Å². The highest BCUT2D eigenvalue weighted by atomic mass is 32.1. The van der Waals surface area contributed by atoms with Crippen LogP contribution in [0.15, 0.2) is 194 Å². The Balaban J connectivity index is 1.12. The van der Waals surface area contributed by atoms with E-state index in [1.54, 1.807) is 0 Å². The number of hydrogen-bond acceptors (Lipinski definition) is 4. The minimum Gasteiger partial charge on any atom is -0.309 e. The van der Waals surface area contributed by atoms with Gasteiger partial charge in [0.15, 0.2) is 17.5 Å². The molecule has 0 bridgehead atoms. The third kappa shape index (κ3) is 5.40.